The normalized spacial score (nSPS) is 13.7. The lowest BCUT2D eigenvalue weighted by Gasteiger charge is -1.98. The first kappa shape index (κ1) is 14.4. The summed E-state index contributed by atoms with van der Waals surface area (Å²) in [5.74, 6) is 0.543. The van der Waals surface area contributed by atoms with E-state index in [4.69, 9.17) is 23.2 Å². The first-order chi connectivity index (χ1) is 8.13. The fraction of sp³-hybridized carbons (Fsp3) is 0.300. The predicted molar refractivity (Wildman–Crippen MR) is 68.0 cm³/mol. The van der Waals surface area contributed by atoms with E-state index in [-0.39, 0.29) is 18.3 Å². The number of halogens is 3. The molecule has 1 saturated heterocycles. The Morgan fingerprint density at radius 3 is 2.53 bits per heavy atom. The van der Waals surface area contributed by atoms with Crippen LogP contribution in [0.25, 0.3) is 0 Å². The lowest BCUT2D eigenvalue weighted by Crippen LogP contribution is -2.12. The summed E-state index contributed by atoms with van der Waals surface area (Å²) >= 11 is 11.0. The Labute approximate surface area is 113 Å². The molecule has 1 heterocycles. The van der Waals surface area contributed by atoms with Crippen molar-refractivity contribution in [3.63, 3.8) is 0 Å². The molecule has 1 aliphatic heterocycles. The standard InChI is InChI=1S/C6H3Cl2FOS.C4H7NO/c7-5-2-1-4(10-11-9)3-6(5)8;6-4-2-1-3-5-4/h1-3H;1-3H2,(H,5,6). The van der Waals surface area contributed by atoms with Crippen LogP contribution in [0.2, 0.25) is 10.0 Å². The number of carbonyl (C=O) groups excluding carboxylic acids is 1. The molecule has 0 atom stereocenters. The maximum absolute atomic E-state index is 11.5. The fourth-order valence-electron chi connectivity index (χ4n) is 1.13. The van der Waals surface area contributed by atoms with Crippen LogP contribution < -0.4 is 9.50 Å². The van der Waals surface area contributed by atoms with Crippen LogP contribution in [0.1, 0.15) is 12.8 Å². The van der Waals surface area contributed by atoms with Gasteiger partial charge in [-0.05, 0) is 18.6 Å². The van der Waals surface area contributed by atoms with Crippen LogP contribution in [0.4, 0.5) is 3.89 Å². The van der Waals surface area contributed by atoms with Crippen molar-refractivity contribution in [2.45, 2.75) is 12.8 Å². The number of nitrogens with one attached hydrogen (secondary N) is 1. The van der Waals surface area contributed by atoms with Crippen LogP contribution in [-0.4, -0.2) is 12.5 Å². The molecule has 7 heteroatoms. The quantitative estimate of drug-likeness (QED) is 0.844. The van der Waals surface area contributed by atoms with E-state index < -0.39 is 0 Å². The van der Waals surface area contributed by atoms with Gasteiger partial charge in [-0.25, -0.2) is 0 Å². The van der Waals surface area contributed by atoms with Crippen molar-refractivity contribution in [1.29, 1.82) is 0 Å². The smallest absolute Gasteiger partial charge is 0.272 e. The Kier molecular flexibility index (Phi) is 6.47. The third-order valence-corrected chi connectivity index (χ3v) is 2.92. The zero-order valence-corrected chi connectivity index (χ0v) is 11.0. The molecule has 0 spiro atoms. The van der Waals surface area contributed by atoms with Crippen molar-refractivity contribution in [3.05, 3.63) is 28.2 Å². The minimum absolute atomic E-state index is 0.204. The second kappa shape index (κ2) is 7.63. The van der Waals surface area contributed by atoms with E-state index in [1.807, 2.05) is 0 Å². The van der Waals surface area contributed by atoms with Gasteiger partial charge in [0.05, 0.1) is 10.0 Å². The number of carbonyl (C=O) groups is 1. The second-order valence-corrected chi connectivity index (χ2v) is 4.28. The molecule has 1 aromatic rings. The fourth-order valence-corrected chi connectivity index (χ4v) is 1.59. The zero-order chi connectivity index (χ0) is 12.7. The van der Waals surface area contributed by atoms with Gasteiger partial charge in [0.2, 0.25) is 5.91 Å². The molecule has 1 N–H and O–H groups in total. The molecule has 0 saturated carbocycles. The Morgan fingerprint density at radius 2 is 2.12 bits per heavy atom. The van der Waals surface area contributed by atoms with Gasteiger partial charge in [0.15, 0.2) is 0 Å². The first-order valence-corrected chi connectivity index (χ1v) is 6.20. The van der Waals surface area contributed by atoms with Gasteiger partial charge in [-0.2, -0.15) is 0 Å². The summed E-state index contributed by atoms with van der Waals surface area (Å²) in [5, 5.41) is 3.45. The summed E-state index contributed by atoms with van der Waals surface area (Å²) in [6, 6.07) is 4.51. The molecule has 0 aromatic heterocycles. The van der Waals surface area contributed by atoms with E-state index in [9.17, 15) is 8.68 Å². The molecule has 1 aromatic carbocycles. The number of hydrogen-bond acceptors (Lipinski definition) is 3. The molecular weight excluding hydrogens is 288 g/mol. The molecule has 2 rings (SSSR count). The highest BCUT2D eigenvalue weighted by Crippen LogP contribution is 2.27. The second-order valence-electron chi connectivity index (χ2n) is 3.18. The van der Waals surface area contributed by atoms with Crippen molar-refractivity contribution in [3.8, 4) is 5.75 Å². The van der Waals surface area contributed by atoms with Crippen LogP contribution in [0.5, 0.6) is 5.75 Å². The minimum Gasteiger partial charge on any atom is -0.397 e. The number of amides is 1. The molecule has 94 valence electrons. The van der Waals surface area contributed by atoms with Gasteiger partial charge in [-0.3, -0.25) is 4.79 Å². The largest absolute Gasteiger partial charge is 0.397 e. The van der Waals surface area contributed by atoms with Gasteiger partial charge < -0.3 is 9.50 Å². The Bertz CT molecular complexity index is 385. The van der Waals surface area contributed by atoms with Crippen molar-refractivity contribution in [2.24, 2.45) is 0 Å². The average molecular weight is 298 g/mol. The molecule has 0 bridgehead atoms. The van der Waals surface area contributed by atoms with Crippen molar-refractivity contribution >= 4 is 41.5 Å². The summed E-state index contributed by atoms with van der Waals surface area (Å²) in [5.41, 5.74) is 0. The number of benzene rings is 1. The molecule has 3 nitrogen and oxygen atoms in total. The third kappa shape index (κ3) is 5.48. The van der Waals surface area contributed by atoms with E-state index in [0.29, 0.717) is 15.8 Å². The van der Waals surface area contributed by atoms with Gasteiger partial charge in [0.25, 0.3) is 12.4 Å². The van der Waals surface area contributed by atoms with Crippen LogP contribution in [-0.2, 0) is 4.79 Å². The maximum Gasteiger partial charge on any atom is 0.272 e. The van der Waals surface area contributed by atoms with Crippen molar-refractivity contribution in [1.82, 2.24) is 5.32 Å². The van der Waals surface area contributed by atoms with Crippen LogP contribution in [0.3, 0.4) is 0 Å². The van der Waals surface area contributed by atoms with E-state index in [1.165, 1.54) is 18.2 Å². The highest BCUT2D eigenvalue weighted by molar-refractivity contribution is 7.89. The molecule has 0 aliphatic carbocycles. The number of hydrogen-bond donors (Lipinski definition) is 1. The molecular formula is C10H10Cl2FNO2S. The van der Waals surface area contributed by atoms with Crippen LogP contribution in [0.15, 0.2) is 18.2 Å². The lowest BCUT2D eigenvalue weighted by molar-refractivity contribution is -0.119. The topological polar surface area (TPSA) is 38.3 Å². The summed E-state index contributed by atoms with van der Waals surface area (Å²) < 4.78 is 16.0. The van der Waals surface area contributed by atoms with E-state index in [2.05, 4.69) is 9.50 Å². The monoisotopic (exact) mass is 297 g/mol. The maximum atomic E-state index is 11.5. The molecule has 17 heavy (non-hydrogen) atoms. The lowest BCUT2D eigenvalue weighted by atomic mass is 10.3. The highest BCUT2D eigenvalue weighted by Gasteiger charge is 2.05. The first-order valence-electron chi connectivity index (χ1n) is 4.80. The van der Waals surface area contributed by atoms with E-state index in [0.717, 1.165) is 19.4 Å². The minimum atomic E-state index is -0.232. The summed E-state index contributed by atoms with van der Waals surface area (Å²) in [6.07, 6.45) is 1.76. The molecule has 1 amide bonds. The van der Waals surface area contributed by atoms with E-state index in [1.54, 1.807) is 0 Å². The van der Waals surface area contributed by atoms with Gasteiger partial charge in [0, 0.05) is 19.0 Å². The summed E-state index contributed by atoms with van der Waals surface area (Å²) in [6.45, 7) is 0.888. The van der Waals surface area contributed by atoms with Gasteiger partial charge in [-0.15, -0.1) is 3.89 Å². The Morgan fingerprint density at radius 1 is 1.35 bits per heavy atom. The zero-order valence-electron chi connectivity index (χ0n) is 8.71. The molecule has 0 radical (unpaired) electrons. The van der Waals surface area contributed by atoms with Crippen LogP contribution >= 0.6 is 35.6 Å². The Balaban J connectivity index is 0.000000202. The molecule has 0 unspecified atom stereocenters. The third-order valence-electron chi connectivity index (χ3n) is 1.92. The van der Waals surface area contributed by atoms with Gasteiger partial charge >= 0.3 is 0 Å². The van der Waals surface area contributed by atoms with Crippen molar-refractivity contribution < 1.29 is 12.9 Å². The number of rotatable bonds is 2. The van der Waals surface area contributed by atoms with E-state index >= 15 is 0 Å². The summed E-state index contributed by atoms with van der Waals surface area (Å²) in [7, 11) is 0. The average Bonchev–Trinajstić information content (AvgIpc) is 2.76. The predicted octanol–water partition coefficient (Wildman–Crippen LogP) is 3.80. The van der Waals surface area contributed by atoms with Gasteiger partial charge in [-0.1, -0.05) is 23.2 Å². The van der Waals surface area contributed by atoms with Crippen LogP contribution in [0, 0.1) is 0 Å². The Hall–Kier alpha value is -0.650. The molecule has 1 fully saturated rings. The van der Waals surface area contributed by atoms with Gasteiger partial charge in [0.1, 0.15) is 5.75 Å². The molecule has 1 aliphatic rings. The highest BCUT2D eigenvalue weighted by atomic mass is 35.5. The summed E-state index contributed by atoms with van der Waals surface area (Å²) in [4.78, 5) is 10.1. The SMILES string of the molecule is FSOc1ccc(Cl)c(Cl)c1.O=C1CCCN1. The van der Waals surface area contributed by atoms with Crippen molar-refractivity contribution in [2.75, 3.05) is 6.54 Å².